The van der Waals surface area contributed by atoms with Crippen molar-refractivity contribution in [1.29, 1.82) is 0 Å². The van der Waals surface area contributed by atoms with Crippen LogP contribution in [0.5, 0.6) is 0 Å². The first-order valence-corrected chi connectivity index (χ1v) is 4.01. The van der Waals surface area contributed by atoms with E-state index in [1.165, 1.54) is 12.1 Å². The molecule has 0 aromatic heterocycles. The molecule has 0 aliphatic carbocycles. The predicted octanol–water partition coefficient (Wildman–Crippen LogP) is 1.21. The van der Waals surface area contributed by atoms with E-state index in [1.807, 2.05) is 0 Å². The molecule has 0 saturated carbocycles. The van der Waals surface area contributed by atoms with E-state index in [-0.39, 0.29) is 5.56 Å². The minimum absolute atomic E-state index is 0.220. The molecule has 0 aliphatic rings. The fourth-order valence-electron chi connectivity index (χ4n) is 0.712. The van der Waals surface area contributed by atoms with Crippen LogP contribution in [0, 0.1) is 0 Å². The van der Waals surface area contributed by atoms with Gasteiger partial charge in [0.2, 0.25) is 0 Å². The number of rotatable bonds is 4. The first kappa shape index (κ1) is 10.0. The van der Waals surface area contributed by atoms with Crippen molar-refractivity contribution in [2.24, 2.45) is 5.90 Å². The number of aromatic carboxylic acids is 1. The molecular formula is C7H7NO4S. The monoisotopic (exact) mass is 201 g/mol. The lowest BCUT2D eigenvalue weighted by Crippen LogP contribution is -1.96. The van der Waals surface area contributed by atoms with Gasteiger partial charge in [0, 0.05) is 4.90 Å². The van der Waals surface area contributed by atoms with Gasteiger partial charge in [0.05, 0.1) is 17.6 Å². The summed E-state index contributed by atoms with van der Waals surface area (Å²) < 4.78 is 4.37. The van der Waals surface area contributed by atoms with Crippen molar-refractivity contribution >= 4 is 18.0 Å². The van der Waals surface area contributed by atoms with Gasteiger partial charge in [-0.2, -0.15) is 5.90 Å². The van der Waals surface area contributed by atoms with Crippen LogP contribution in [0.25, 0.3) is 0 Å². The Hall–Kier alpha value is -1.08. The van der Waals surface area contributed by atoms with E-state index in [9.17, 15) is 4.79 Å². The zero-order valence-electron chi connectivity index (χ0n) is 6.47. The first-order chi connectivity index (χ1) is 6.24. The molecule has 0 heterocycles. The van der Waals surface area contributed by atoms with Crippen LogP contribution in [0.1, 0.15) is 10.4 Å². The van der Waals surface area contributed by atoms with Crippen LogP contribution in [0.3, 0.4) is 0 Å². The van der Waals surface area contributed by atoms with Gasteiger partial charge in [-0.05, 0) is 24.3 Å². The standard InChI is InChI=1S/C7H7NO4S/c8-11-12-13-6-3-1-5(2-4-6)7(9)10/h1-4H,8H2,(H,9,10). The van der Waals surface area contributed by atoms with Crippen molar-refractivity contribution in [3.05, 3.63) is 29.8 Å². The second-order valence-electron chi connectivity index (χ2n) is 2.08. The van der Waals surface area contributed by atoms with Gasteiger partial charge < -0.3 is 5.11 Å². The molecule has 0 bridgehead atoms. The van der Waals surface area contributed by atoms with Gasteiger partial charge in [0.15, 0.2) is 0 Å². The fourth-order valence-corrected chi connectivity index (χ4v) is 1.08. The highest BCUT2D eigenvalue weighted by atomic mass is 32.2. The van der Waals surface area contributed by atoms with E-state index in [4.69, 9.17) is 5.11 Å². The highest BCUT2D eigenvalue weighted by molar-refractivity contribution is 7.94. The van der Waals surface area contributed by atoms with E-state index in [1.54, 1.807) is 12.1 Å². The number of carbonyl (C=O) groups is 1. The van der Waals surface area contributed by atoms with Gasteiger partial charge in [0.25, 0.3) is 0 Å². The minimum Gasteiger partial charge on any atom is -0.478 e. The number of carboxylic acids is 1. The molecule has 0 radical (unpaired) electrons. The van der Waals surface area contributed by atoms with Gasteiger partial charge >= 0.3 is 5.97 Å². The molecule has 0 unspecified atom stereocenters. The quantitative estimate of drug-likeness (QED) is 0.433. The van der Waals surface area contributed by atoms with Crippen LogP contribution in [0.2, 0.25) is 0 Å². The lowest BCUT2D eigenvalue weighted by Gasteiger charge is -1.98. The molecule has 0 spiro atoms. The topological polar surface area (TPSA) is 81.8 Å². The Labute approximate surface area is 78.5 Å². The molecular weight excluding hydrogens is 194 g/mol. The summed E-state index contributed by atoms with van der Waals surface area (Å²) in [6.45, 7) is 0. The van der Waals surface area contributed by atoms with Crippen LogP contribution in [0.15, 0.2) is 29.2 Å². The lowest BCUT2D eigenvalue weighted by atomic mass is 10.2. The summed E-state index contributed by atoms with van der Waals surface area (Å²) in [4.78, 5) is 15.0. The van der Waals surface area contributed by atoms with E-state index >= 15 is 0 Å². The third kappa shape index (κ3) is 3.03. The number of hydrogen-bond donors (Lipinski definition) is 2. The summed E-state index contributed by atoms with van der Waals surface area (Å²) in [7, 11) is 0. The van der Waals surface area contributed by atoms with Crippen LogP contribution in [-0.2, 0) is 9.32 Å². The van der Waals surface area contributed by atoms with E-state index in [0.717, 1.165) is 12.0 Å². The van der Waals surface area contributed by atoms with Gasteiger partial charge in [-0.1, -0.05) is 0 Å². The molecule has 6 heteroatoms. The van der Waals surface area contributed by atoms with Crippen molar-refractivity contribution in [2.75, 3.05) is 0 Å². The largest absolute Gasteiger partial charge is 0.478 e. The Balaban J connectivity index is 2.64. The number of nitrogens with two attached hydrogens (primary N) is 1. The van der Waals surface area contributed by atoms with Crippen LogP contribution >= 0.6 is 12.0 Å². The summed E-state index contributed by atoms with van der Waals surface area (Å²) in [5.74, 6) is 3.65. The second-order valence-corrected chi connectivity index (χ2v) is 2.85. The molecule has 1 rings (SSSR count). The van der Waals surface area contributed by atoms with Crippen molar-refractivity contribution < 1.29 is 19.2 Å². The second kappa shape index (κ2) is 4.83. The molecule has 1 aromatic rings. The predicted molar refractivity (Wildman–Crippen MR) is 45.6 cm³/mol. The van der Waals surface area contributed by atoms with E-state index in [2.05, 4.69) is 15.2 Å². The Kier molecular flexibility index (Phi) is 3.71. The van der Waals surface area contributed by atoms with Crippen molar-refractivity contribution in [3.63, 3.8) is 0 Å². The average molecular weight is 201 g/mol. The maximum absolute atomic E-state index is 10.4. The molecule has 0 saturated heterocycles. The lowest BCUT2D eigenvalue weighted by molar-refractivity contribution is -0.195. The zero-order valence-corrected chi connectivity index (χ0v) is 7.28. The molecule has 0 aliphatic heterocycles. The third-order valence-electron chi connectivity index (χ3n) is 1.27. The summed E-state index contributed by atoms with van der Waals surface area (Å²) >= 11 is 0.901. The maximum atomic E-state index is 10.4. The third-order valence-corrected chi connectivity index (χ3v) is 1.88. The van der Waals surface area contributed by atoms with Gasteiger partial charge in [0.1, 0.15) is 0 Å². The van der Waals surface area contributed by atoms with Crippen LogP contribution < -0.4 is 5.90 Å². The van der Waals surface area contributed by atoms with E-state index < -0.39 is 5.97 Å². The average Bonchev–Trinajstić information content (AvgIpc) is 2.15. The van der Waals surface area contributed by atoms with Crippen molar-refractivity contribution in [3.8, 4) is 0 Å². The van der Waals surface area contributed by atoms with E-state index in [0.29, 0.717) is 4.90 Å². The van der Waals surface area contributed by atoms with Gasteiger partial charge in [-0.25, -0.2) is 4.79 Å². The summed E-state index contributed by atoms with van der Waals surface area (Å²) in [5.41, 5.74) is 0.220. The number of carboxylic acid groups (broad SMARTS) is 1. The zero-order chi connectivity index (χ0) is 9.68. The van der Waals surface area contributed by atoms with Crippen molar-refractivity contribution in [1.82, 2.24) is 0 Å². The molecule has 0 amide bonds. The molecule has 1 aromatic carbocycles. The van der Waals surface area contributed by atoms with Crippen molar-refractivity contribution in [2.45, 2.75) is 4.90 Å². The summed E-state index contributed by atoms with van der Waals surface area (Å²) in [6.07, 6.45) is 0. The van der Waals surface area contributed by atoms with Gasteiger partial charge in [-0.15, -0.1) is 9.32 Å². The van der Waals surface area contributed by atoms with Gasteiger partial charge in [-0.3, -0.25) is 0 Å². The fraction of sp³-hybridized carbons (Fsp3) is 0. The molecule has 70 valence electrons. The Morgan fingerprint density at radius 3 is 2.46 bits per heavy atom. The Morgan fingerprint density at radius 2 is 2.00 bits per heavy atom. The SMILES string of the molecule is NOOSc1ccc(C(=O)O)cc1. The highest BCUT2D eigenvalue weighted by Gasteiger charge is 2.01. The van der Waals surface area contributed by atoms with Crippen LogP contribution in [-0.4, -0.2) is 11.1 Å². The Bertz CT molecular complexity index is 287. The first-order valence-electron chi connectivity index (χ1n) is 3.27. The highest BCUT2D eigenvalue weighted by Crippen LogP contribution is 2.18. The molecule has 3 N–H and O–H groups in total. The summed E-state index contributed by atoms with van der Waals surface area (Å²) in [6, 6.07) is 6.11. The molecule has 13 heavy (non-hydrogen) atoms. The molecule has 5 nitrogen and oxygen atoms in total. The smallest absolute Gasteiger partial charge is 0.335 e. The molecule has 0 atom stereocenters. The Morgan fingerprint density at radius 1 is 1.38 bits per heavy atom. The van der Waals surface area contributed by atoms with Crippen LogP contribution in [0.4, 0.5) is 0 Å². The normalized spacial score (nSPS) is 9.92. The number of benzene rings is 1. The summed E-state index contributed by atoms with van der Waals surface area (Å²) in [5, 5.41) is 8.57. The number of hydrogen-bond acceptors (Lipinski definition) is 5. The minimum atomic E-state index is -0.965. The molecule has 0 fully saturated rings. The maximum Gasteiger partial charge on any atom is 0.335 e.